The number of aromatic nitrogens is 4. The van der Waals surface area contributed by atoms with E-state index in [1.807, 2.05) is 0 Å². The van der Waals surface area contributed by atoms with Gasteiger partial charge in [-0.2, -0.15) is 5.10 Å². The second-order valence-corrected chi connectivity index (χ2v) is 5.19. The van der Waals surface area contributed by atoms with Gasteiger partial charge >= 0.3 is 0 Å². The number of ether oxygens (including phenoxy) is 1. The maximum Gasteiger partial charge on any atom is 0.163 e. The summed E-state index contributed by atoms with van der Waals surface area (Å²) in [5.74, 6) is 0.890. The fourth-order valence-corrected chi connectivity index (χ4v) is 2.74. The predicted octanol–water partition coefficient (Wildman–Crippen LogP) is 0.432. The highest BCUT2D eigenvalue weighted by molar-refractivity contribution is 5.86. The first-order valence-electron chi connectivity index (χ1n) is 6.87. The van der Waals surface area contributed by atoms with E-state index in [0.717, 1.165) is 29.9 Å². The minimum Gasteiger partial charge on any atom is -0.394 e. The third kappa shape index (κ3) is 2.34. The lowest BCUT2D eigenvalue weighted by atomic mass is 10.2. The molecule has 0 saturated carbocycles. The Hall–Kier alpha value is -1.73. The van der Waals surface area contributed by atoms with Crippen molar-refractivity contribution >= 4 is 16.9 Å². The lowest BCUT2D eigenvalue weighted by molar-refractivity contribution is -0.00537. The van der Waals surface area contributed by atoms with Crippen molar-refractivity contribution in [3.8, 4) is 0 Å². The molecule has 7 nitrogen and oxygen atoms in total. The highest BCUT2D eigenvalue weighted by Crippen LogP contribution is 2.25. The molecule has 1 saturated heterocycles. The Labute approximate surface area is 117 Å². The van der Waals surface area contributed by atoms with Gasteiger partial charge in [0.25, 0.3) is 0 Å². The number of hydrogen-bond acceptors (Lipinski definition) is 6. The largest absolute Gasteiger partial charge is 0.394 e. The average Bonchev–Trinajstić information content (AvgIpc) is 2.81. The van der Waals surface area contributed by atoms with Crippen molar-refractivity contribution < 1.29 is 9.84 Å². The van der Waals surface area contributed by atoms with Crippen molar-refractivity contribution in [3.05, 3.63) is 12.5 Å². The van der Waals surface area contributed by atoms with Crippen molar-refractivity contribution in [1.82, 2.24) is 19.7 Å². The van der Waals surface area contributed by atoms with Crippen LogP contribution in [0.3, 0.4) is 0 Å². The molecule has 1 aliphatic heterocycles. The second-order valence-electron chi connectivity index (χ2n) is 5.19. The molecular weight excluding hydrogens is 258 g/mol. The van der Waals surface area contributed by atoms with E-state index in [2.05, 4.69) is 33.8 Å². The standard InChI is InChI=1S/C13H19N5O2/c1-9-6-17(7-10(2)20-9)12-11-5-16-18(3-4-19)13(11)15-8-14-12/h5,8-10,19H,3-4,6-7H2,1-2H3/t9-,10-/m1/s1. The molecule has 1 N–H and O–H groups in total. The Morgan fingerprint density at radius 1 is 1.30 bits per heavy atom. The van der Waals surface area contributed by atoms with Gasteiger partial charge in [-0.3, -0.25) is 0 Å². The van der Waals surface area contributed by atoms with Crippen LogP contribution in [0.15, 0.2) is 12.5 Å². The normalized spacial score (nSPS) is 23.4. The van der Waals surface area contributed by atoms with Crippen LogP contribution >= 0.6 is 0 Å². The Balaban J connectivity index is 1.99. The monoisotopic (exact) mass is 277 g/mol. The molecule has 0 aliphatic carbocycles. The van der Waals surface area contributed by atoms with Gasteiger partial charge in [0.15, 0.2) is 5.65 Å². The van der Waals surface area contributed by atoms with E-state index >= 15 is 0 Å². The van der Waals surface area contributed by atoms with Crippen molar-refractivity contribution in [2.24, 2.45) is 0 Å². The Morgan fingerprint density at radius 2 is 2.05 bits per heavy atom. The van der Waals surface area contributed by atoms with Crippen LogP contribution in [0.4, 0.5) is 5.82 Å². The molecule has 108 valence electrons. The summed E-state index contributed by atoms with van der Waals surface area (Å²) in [5, 5.41) is 14.2. The lowest BCUT2D eigenvalue weighted by Crippen LogP contribution is -2.45. The van der Waals surface area contributed by atoms with Crippen LogP contribution in [-0.2, 0) is 11.3 Å². The molecule has 1 fully saturated rings. The number of anilines is 1. The van der Waals surface area contributed by atoms with Gasteiger partial charge in [0.2, 0.25) is 0 Å². The number of rotatable bonds is 3. The fraction of sp³-hybridized carbons (Fsp3) is 0.615. The van der Waals surface area contributed by atoms with E-state index in [1.54, 1.807) is 17.2 Å². The van der Waals surface area contributed by atoms with Crippen LogP contribution in [0.5, 0.6) is 0 Å². The molecule has 0 aromatic carbocycles. The number of fused-ring (bicyclic) bond motifs is 1. The maximum atomic E-state index is 9.05. The van der Waals surface area contributed by atoms with Crippen molar-refractivity contribution in [2.75, 3.05) is 24.6 Å². The zero-order chi connectivity index (χ0) is 14.1. The Morgan fingerprint density at radius 3 is 2.75 bits per heavy atom. The molecule has 20 heavy (non-hydrogen) atoms. The molecule has 1 aliphatic rings. The number of morpholine rings is 1. The van der Waals surface area contributed by atoms with Crippen molar-refractivity contribution in [2.45, 2.75) is 32.6 Å². The van der Waals surface area contributed by atoms with Gasteiger partial charge in [0.1, 0.15) is 12.1 Å². The van der Waals surface area contributed by atoms with E-state index in [1.165, 1.54) is 0 Å². The smallest absolute Gasteiger partial charge is 0.163 e. The van der Waals surface area contributed by atoms with Gasteiger partial charge in [-0.1, -0.05) is 0 Å². The number of aliphatic hydroxyl groups excluding tert-OH is 1. The van der Waals surface area contributed by atoms with Crippen LogP contribution in [0.25, 0.3) is 11.0 Å². The molecule has 2 aromatic rings. The highest BCUT2D eigenvalue weighted by Gasteiger charge is 2.25. The molecule has 0 unspecified atom stereocenters. The fourth-order valence-electron chi connectivity index (χ4n) is 2.74. The van der Waals surface area contributed by atoms with Crippen LogP contribution < -0.4 is 4.90 Å². The van der Waals surface area contributed by atoms with Gasteiger partial charge in [0, 0.05) is 13.1 Å². The van der Waals surface area contributed by atoms with Gasteiger partial charge in [0.05, 0.1) is 36.9 Å². The third-order valence-electron chi connectivity index (χ3n) is 3.44. The molecule has 0 radical (unpaired) electrons. The summed E-state index contributed by atoms with van der Waals surface area (Å²) in [6, 6.07) is 0. The van der Waals surface area contributed by atoms with Crippen molar-refractivity contribution in [1.29, 1.82) is 0 Å². The summed E-state index contributed by atoms with van der Waals surface area (Å²) in [7, 11) is 0. The average molecular weight is 277 g/mol. The summed E-state index contributed by atoms with van der Waals surface area (Å²) in [6.07, 6.45) is 3.68. The van der Waals surface area contributed by atoms with E-state index in [-0.39, 0.29) is 18.8 Å². The van der Waals surface area contributed by atoms with Crippen LogP contribution in [0.1, 0.15) is 13.8 Å². The first kappa shape index (κ1) is 13.3. The second kappa shape index (κ2) is 5.34. The van der Waals surface area contributed by atoms with E-state index in [4.69, 9.17) is 9.84 Å². The van der Waals surface area contributed by atoms with Crippen LogP contribution in [0, 0.1) is 0 Å². The van der Waals surface area contributed by atoms with Gasteiger partial charge in [-0.15, -0.1) is 0 Å². The summed E-state index contributed by atoms with van der Waals surface area (Å²) in [4.78, 5) is 10.9. The highest BCUT2D eigenvalue weighted by atomic mass is 16.5. The Kier molecular flexibility index (Phi) is 3.54. The quantitative estimate of drug-likeness (QED) is 0.877. The molecule has 0 spiro atoms. The molecule has 3 heterocycles. The first-order valence-corrected chi connectivity index (χ1v) is 6.87. The topological polar surface area (TPSA) is 76.3 Å². The zero-order valence-corrected chi connectivity index (χ0v) is 11.7. The van der Waals surface area contributed by atoms with Crippen molar-refractivity contribution in [3.63, 3.8) is 0 Å². The minimum atomic E-state index is 0.0434. The molecule has 0 bridgehead atoms. The van der Waals surface area contributed by atoms with Crippen LogP contribution in [0.2, 0.25) is 0 Å². The van der Waals surface area contributed by atoms with Gasteiger partial charge in [-0.05, 0) is 13.8 Å². The maximum absolute atomic E-state index is 9.05. The predicted molar refractivity (Wildman–Crippen MR) is 74.6 cm³/mol. The molecular formula is C13H19N5O2. The van der Waals surface area contributed by atoms with E-state index in [0.29, 0.717) is 6.54 Å². The molecule has 7 heteroatoms. The third-order valence-corrected chi connectivity index (χ3v) is 3.44. The summed E-state index contributed by atoms with van der Waals surface area (Å²) in [6.45, 7) is 6.23. The number of aliphatic hydroxyl groups is 1. The van der Waals surface area contributed by atoms with E-state index < -0.39 is 0 Å². The summed E-state index contributed by atoms with van der Waals surface area (Å²) >= 11 is 0. The number of nitrogens with zero attached hydrogens (tertiary/aromatic N) is 5. The summed E-state index contributed by atoms with van der Waals surface area (Å²) < 4.78 is 7.46. The molecule has 0 amide bonds. The van der Waals surface area contributed by atoms with E-state index in [9.17, 15) is 0 Å². The summed E-state index contributed by atoms with van der Waals surface area (Å²) in [5.41, 5.74) is 0.760. The van der Waals surface area contributed by atoms with Gasteiger partial charge < -0.3 is 14.7 Å². The lowest BCUT2D eigenvalue weighted by Gasteiger charge is -2.36. The van der Waals surface area contributed by atoms with Gasteiger partial charge in [-0.25, -0.2) is 14.6 Å². The molecule has 2 atom stereocenters. The zero-order valence-electron chi connectivity index (χ0n) is 11.7. The Bertz CT molecular complexity index is 589. The minimum absolute atomic E-state index is 0.0434. The molecule has 2 aromatic heterocycles. The van der Waals surface area contributed by atoms with Crippen LogP contribution in [-0.4, -0.2) is 56.8 Å². The first-order chi connectivity index (χ1) is 9.69. The SMILES string of the molecule is C[C@@H]1CN(c2ncnc3c2cnn3CCO)C[C@@H](C)O1. The molecule has 3 rings (SSSR count). The number of hydrogen-bond donors (Lipinski definition) is 1.